The second kappa shape index (κ2) is 5.03. The first-order valence-corrected chi connectivity index (χ1v) is 7.23. The zero-order valence-corrected chi connectivity index (χ0v) is 12.7. The van der Waals surface area contributed by atoms with Gasteiger partial charge in [0.2, 0.25) is 5.91 Å². The van der Waals surface area contributed by atoms with Crippen LogP contribution in [0, 0.1) is 0 Å². The number of nitrogens with two attached hydrogens (primary N) is 1. The predicted molar refractivity (Wildman–Crippen MR) is 81.2 cm³/mol. The van der Waals surface area contributed by atoms with Crippen molar-refractivity contribution in [2.45, 2.75) is 19.4 Å². The summed E-state index contributed by atoms with van der Waals surface area (Å²) in [5.41, 5.74) is 9.64. The Morgan fingerprint density at radius 3 is 2.95 bits per heavy atom. The monoisotopic (exact) mass is 334 g/mol. The number of hydrogen-bond donors (Lipinski definition) is 2. The van der Waals surface area contributed by atoms with Crippen LogP contribution in [0.3, 0.4) is 0 Å². The summed E-state index contributed by atoms with van der Waals surface area (Å²) >= 11 is 3.56. The van der Waals surface area contributed by atoms with Crippen LogP contribution in [0.5, 0.6) is 0 Å². The van der Waals surface area contributed by atoms with E-state index in [1.54, 1.807) is 0 Å². The first-order chi connectivity index (χ1) is 9.60. The standard InChI is InChI=1S/C14H15BrN4O/c1-19-11(7-16)18-13(14(19)15)9-2-4-10-8(6-9)3-5-12(20)17-10/h2,4,6H,3,5,7,16H2,1H3,(H,17,20). The van der Waals surface area contributed by atoms with Crippen molar-refractivity contribution in [2.24, 2.45) is 12.8 Å². The molecule has 1 aliphatic heterocycles. The Kier molecular flexibility index (Phi) is 3.35. The maximum Gasteiger partial charge on any atom is 0.224 e. The fourth-order valence-electron chi connectivity index (χ4n) is 2.42. The Hall–Kier alpha value is -1.66. The van der Waals surface area contributed by atoms with Crippen molar-refractivity contribution in [2.75, 3.05) is 5.32 Å². The van der Waals surface area contributed by atoms with E-state index in [0.29, 0.717) is 13.0 Å². The molecule has 0 radical (unpaired) electrons. The number of aromatic nitrogens is 2. The summed E-state index contributed by atoms with van der Waals surface area (Å²) in [7, 11) is 1.93. The Morgan fingerprint density at radius 2 is 2.25 bits per heavy atom. The number of halogens is 1. The van der Waals surface area contributed by atoms with E-state index >= 15 is 0 Å². The lowest BCUT2D eigenvalue weighted by atomic mass is 9.99. The molecule has 1 amide bonds. The number of nitrogens with one attached hydrogen (secondary N) is 1. The molecular formula is C14H15BrN4O. The molecule has 0 saturated heterocycles. The number of fused-ring (bicyclic) bond motifs is 1. The Bertz CT molecular complexity index is 693. The summed E-state index contributed by atoms with van der Waals surface area (Å²) in [6, 6.07) is 5.99. The first-order valence-electron chi connectivity index (χ1n) is 6.44. The highest BCUT2D eigenvalue weighted by Gasteiger charge is 2.18. The number of carbonyl (C=O) groups excluding carboxylic acids is 1. The average molecular weight is 335 g/mol. The second-order valence-electron chi connectivity index (χ2n) is 4.85. The molecule has 104 valence electrons. The molecule has 1 aromatic carbocycles. The largest absolute Gasteiger partial charge is 0.326 e. The van der Waals surface area contributed by atoms with E-state index in [1.807, 2.05) is 23.7 Å². The summed E-state index contributed by atoms with van der Waals surface area (Å²) in [5.74, 6) is 0.910. The number of nitrogens with zero attached hydrogens (tertiary/aromatic N) is 2. The van der Waals surface area contributed by atoms with Gasteiger partial charge in [-0.2, -0.15) is 0 Å². The molecule has 0 saturated carbocycles. The number of amides is 1. The van der Waals surface area contributed by atoms with Crippen molar-refractivity contribution >= 4 is 27.5 Å². The van der Waals surface area contributed by atoms with Gasteiger partial charge in [-0.25, -0.2) is 4.98 Å². The van der Waals surface area contributed by atoms with Crippen molar-refractivity contribution < 1.29 is 4.79 Å². The van der Waals surface area contributed by atoms with Crippen LogP contribution in [0.15, 0.2) is 22.8 Å². The third-order valence-electron chi connectivity index (χ3n) is 3.57. The van der Waals surface area contributed by atoms with Crippen molar-refractivity contribution in [3.8, 4) is 11.3 Å². The quantitative estimate of drug-likeness (QED) is 0.884. The van der Waals surface area contributed by atoms with Crippen LogP contribution in [0.25, 0.3) is 11.3 Å². The predicted octanol–water partition coefficient (Wildman–Crippen LogP) is 2.19. The van der Waals surface area contributed by atoms with Gasteiger partial charge in [-0.15, -0.1) is 0 Å². The molecule has 3 rings (SSSR count). The molecule has 5 nitrogen and oxygen atoms in total. The number of benzene rings is 1. The maximum atomic E-state index is 11.4. The van der Waals surface area contributed by atoms with Gasteiger partial charge in [0.15, 0.2) is 0 Å². The van der Waals surface area contributed by atoms with Crippen molar-refractivity contribution in [3.63, 3.8) is 0 Å². The Balaban J connectivity index is 2.05. The summed E-state index contributed by atoms with van der Waals surface area (Å²) in [6.07, 6.45) is 1.30. The normalized spacial score (nSPS) is 14.1. The smallest absolute Gasteiger partial charge is 0.224 e. The van der Waals surface area contributed by atoms with Crippen LogP contribution in [0.1, 0.15) is 17.8 Å². The lowest BCUT2D eigenvalue weighted by Gasteiger charge is -2.17. The Labute approximate surface area is 125 Å². The highest BCUT2D eigenvalue weighted by molar-refractivity contribution is 9.10. The van der Waals surface area contributed by atoms with Gasteiger partial charge >= 0.3 is 0 Å². The molecule has 0 unspecified atom stereocenters. The van der Waals surface area contributed by atoms with Gasteiger partial charge in [0.05, 0.1) is 6.54 Å². The summed E-state index contributed by atoms with van der Waals surface area (Å²) in [5, 5.41) is 2.88. The van der Waals surface area contributed by atoms with Crippen LogP contribution < -0.4 is 11.1 Å². The molecule has 3 N–H and O–H groups in total. The molecule has 1 aromatic heterocycles. The van der Waals surface area contributed by atoms with Crippen LogP contribution >= 0.6 is 15.9 Å². The lowest BCUT2D eigenvalue weighted by molar-refractivity contribution is -0.116. The van der Waals surface area contributed by atoms with Gasteiger partial charge < -0.3 is 15.6 Å². The average Bonchev–Trinajstić information content (AvgIpc) is 2.74. The number of anilines is 1. The van der Waals surface area contributed by atoms with E-state index in [0.717, 1.165) is 39.4 Å². The minimum absolute atomic E-state index is 0.0784. The van der Waals surface area contributed by atoms with E-state index in [2.05, 4.69) is 32.3 Å². The number of imidazole rings is 1. The number of carbonyl (C=O) groups is 1. The molecule has 2 heterocycles. The molecular weight excluding hydrogens is 320 g/mol. The number of rotatable bonds is 2. The molecule has 20 heavy (non-hydrogen) atoms. The second-order valence-corrected chi connectivity index (χ2v) is 5.60. The minimum atomic E-state index is 0.0784. The van der Waals surface area contributed by atoms with Crippen molar-refractivity contribution in [1.29, 1.82) is 0 Å². The minimum Gasteiger partial charge on any atom is -0.326 e. The third kappa shape index (κ3) is 2.14. The van der Waals surface area contributed by atoms with Gasteiger partial charge in [-0.1, -0.05) is 6.07 Å². The van der Waals surface area contributed by atoms with Crippen molar-refractivity contribution in [1.82, 2.24) is 9.55 Å². The van der Waals surface area contributed by atoms with Crippen LogP contribution in [0.2, 0.25) is 0 Å². The topological polar surface area (TPSA) is 72.9 Å². The van der Waals surface area contributed by atoms with E-state index < -0.39 is 0 Å². The van der Waals surface area contributed by atoms with Gasteiger partial charge in [-0.3, -0.25) is 4.79 Å². The van der Waals surface area contributed by atoms with Crippen molar-refractivity contribution in [3.05, 3.63) is 34.2 Å². The molecule has 0 aliphatic carbocycles. The van der Waals surface area contributed by atoms with E-state index in [-0.39, 0.29) is 5.91 Å². The molecule has 0 bridgehead atoms. The number of hydrogen-bond acceptors (Lipinski definition) is 3. The first kappa shape index (κ1) is 13.3. The number of aryl methyl sites for hydroxylation is 1. The highest BCUT2D eigenvalue weighted by atomic mass is 79.9. The van der Waals surface area contributed by atoms with Crippen LogP contribution in [-0.2, 0) is 24.8 Å². The van der Waals surface area contributed by atoms with E-state index in [1.165, 1.54) is 0 Å². The molecule has 0 atom stereocenters. The van der Waals surface area contributed by atoms with Gasteiger partial charge in [0.25, 0.3) is 0 Å². The third-order valence-corrected chi connectivity index (χ3v) is 4.48. The molecule has 0 spiro atoms. The van der Waals surface area contributed by atoms with Crippen LogP contribution in [-0.4, -0.2) is 15.5 Å². The SMILES string of the molecule is Cn1c(CN)nc(-c2ccc3c(c2)CCC(=O)N3)c1Br. The molecule has 2 aromatic rings. The maximum absolute atomic E-state index is 11.4. The van der Waals surface area contributed by atoms with Gasteiger partial charge in [-0.05, 0) is 40.0 Å². The van der Waals surface area contributed by atoms with E-state index in [9.17, 15) is 4.79 Å². The lowest BCUT2D eigenvalue weighted by Crippen LogP contribution is -2.18. The highest BCUT2D eigenvalue weighted by Crippen LogP contribution is 2.32. The molecule has 0 fully saturated rings. The summed E-state index contributed by atoms with van der Waals surface area (Å²) in [6.45, 7) is 0.399. The van der Waals surface area contributed by atoms with Gasteiger partial charge in [0.1, 0.15) is 16.1 Å². The zero-order valence-electron chi connectivity index (χ0n) is 11.1. The zero-order chi connectivity index (χ0) is 14.3. The fraction of sp³-hybridized carbons (Fsp3) is 0.286. The Morgan fingerprint density at radius 1 is 1.45 bits per heavy atom. The fourth-order valence-corrected chi connectivity index (χ4v) is 2.94. The summed E-state index contributed by atoms with van der Waals surface area (Å²) in [4.78, 5) is 15.9. The molecule has 1 aliphatic rings. The van der Waals surface area contributed by atoms with Crippen LogP contribution in [0.4, 0.5) is 5.69 Å². The van der Waals surface area contributed by atoms with Gasteiger partial charge in [0, 0.05) is 24.7 Å². The summed E-state index contributed by atoms with van der Waals surface area (Å²) < 4.78 is 2.86. The van der Waals surface area contributed by atoms with E-state index in [4.69, 9.17) is 5.73 Å². The molecule has 6 heteroatoms.